The Bertz CT molecular complexity index is 528. The summed E-state index contributed by atoms with van der Waals surface area (Å²) in [6.45, 7) is 5.43. The first-order valence-electron chi connectivity index (χ1n) is 8.23. The second-order valence-corrected chi connectivity index (χ2v) is 6.09. The third-order valence-corrected chi connectivity index (χ3v) is 4.26. The normalized spacial score (nSPS) is 19.5. The van der Waals surface area contributed by atoms with Gasteiger partial charge in [-0.05, 0) is 30.9 Å². The molecule has 1 aliphatic rings. The van der Waals surface area contributed by atoms with Crippen molar-refractivity contribution in [1.82, 2.24) is 10.6 Å². The molecule has 0 radical (unpaired) electrons. The molecule has 0 spiro atoms. The Morgan fingerprint density at radius 2 is 1.77 bits per heavy atom. The zero-order valence-corrected chi connectivity index (χ0v) is 13.5. The Balaban J connectivity index is 1.69. The summed E-state index contributed by atoms with van der Waals surface area (Å²) in [4.78, 5) is 24.0. The molecular formula is C18H26N2O2. The molecule has 22 heavy (non-hydrogen) atoms. The Kier molecular flexibility index (Phi) is 5.99. The van der Waals surface area contributed by atoms with Crippen LogP contribution in [0.4, 0.5) is 0 Å². The third-order valence-electron chi connectivity index (χ3n) is 4.26. The number of aryl methyl sites for hydroxylation is 1. The Morgan fingerprint density at radius 3 is 2.45 bits per heavy atom. The highest BCUT2D eigenvalue weighted by Gasteiger charge is 2.47. The molecule has 0 aliphatic heterocycles. The highest BCUT2D eigenvalue weighted by atomic mass is 16.2. The molecule has 1 fully saturated rings. The smallest absolute Gasteiger partial charge is 0.224 e. The maximum absolute atomic E-state index is 12.1. The lowest BCUT2D eigenvalue weighted by molar-refractivity contribution is -0.127. The summed E-state index contributed by atoms with van der Waals surface area (Å²) < 4.78 is 0. The maximum Gasteiger partial charge on any atom is 0.224 e. The molecule has 1 aromatic rings. The molecule has 0 heterocycles. The lowest BCUT2D eigenvalue weighted by Gasteiger charge is -2.08. The molecule has 2 atom stereocenters. The quantitative estimate of drug-likeness (QED) is 0.725. The SMILES string of the molecule is CCCCCNC(=O)C1CC1C(=O)NCc1ccccc1C. The van der Waals surface area contributed by atoms with Gasteiger partial charge in [-0.3, -0.25) is 9.59 Å². The highest BCUT2D eigenvalue weighted by Crippen LogP contribution is 2.38. The number of rotatable bonds is 8. The van der Waals surface area contributed by atoms with E-state index in [1.807, 2.05) is 31.2 Å². The van der Waals surface area contributed by atoms with Crippen LogP contribution in [0.25, 0.3) is 0 Å². The van der Waals surface area contributed by atoms with Crippen LogP contribution in [0.5, 0.6) is 0 Å². The molecule has 1 saturated carbocycles. The van der Waals surface area contributed by atoms with Gasteiger partial charge >= 0.3 is 0 Å². The molecule has 1 aliphatic carbocycles. The van der Waals surface area contributed by atoms with Crippen molar-refractivity contribution in [2.75, 3.05) is 6.54 Å². The number of nitrogens with one attached hydrogen (secondary N) is 2. The van der Waals surface area contributed by atoms with Gasteiger partial charge in [0.15, 0.2) is 0 Å². The van der Waals surface area contributed by atoms with E-state index in [-0.39, 0.29) is 23.7 Å². The molecule has 4 nitrogen and oxygen atoms in total. The molecule has 1 aromatic carbocycles. The fourth-order valence-electron chi connectivity index (χ4n) is 2.61. The van der Waals surface area contributed by atoms with E-state index < -0.39 is 0 Å². The van der Waals surface area contributed by atoms with Gasteiger partial charge in [0.1, 0.15) is 0 Å². The van der Waals surface area contributed by atoms with Gasteiger partial charge in [-0.15, -0.1) is 0 Å². The largest absolute Gasteiger partial charge is 0.356 e. The summed E-state index contributed by atoms with van der Waals surface area (Å²) >= 11 is 0. The average Bonchev–Trinajstić information content (AvgIpc) is 3.31. The van der Waals surface area contributed by atoms with Gasteiger partial charge in [-0.1, -0.05) is 44.0 Å². The fraction of sp³-hybridized carbons (Fsp3) is 0.556. The van der Waals surface area contributed by atoms with Crippen molar-refractivity contribution in [2.24, 2.45) is 11.8 Å². The summed E-state index contributed by atoms with van der Waals surface area (Å²) in [5.74, 6) is -0.238. The first kappa shape index (κ1) is 16.5. The van der Waals surface area contributed by atoms with Gasteiger partial charge in [0.05, 0.1) is 11.8 Å². The van der Waals surface area contributed by atoms with Gasteiger partial charge in [0.25, 0.3) is 0 Å². The number of hydrogen-bond donors (Lipinski definition) is 2. The predicted octanol–water partition coefficient (Wildman–Crippen LogP) is 2.55. The lowest BCUT2D eigenvalue weighted by atomic mass is 10.1. The molecular weight excluding hydrogens is 276 g/mol. The minimum Gasteiger partial charge on any atom is -0.356 e. The van der Waals surface area contributed by atoms with Crippen LogP contribution in [0.15, 0.2) is 24.3 Å². The van der Waals surface area contributed by atoms with Gasteiger partial charge < -0.3 is 10.6 Å². The van der Waals surface area contributed by atoms with E-state index in [0.29, 0.717) is 13.0 Å². The van der Waals surface area contributed by atoms with Gasteiger partial charge in [-0.25, -0.2) is 0 Å². The summed E-state index contributed by atoms with van der Waals surface area (Å²) in [6.07, 6.45) is 3.97. The zero-order chi connectivity index (χ0) is 15.9. The number of amides is 2. The standard InChI is InChI=1S/C18H26N2O2/c1-3-4-7-10-19-17(21)15-11-16(15)18(22)20-12-14-9-6-5-8-13(14)2/h5-6,8-9,15-16H,3-4,7,10-12H2,1-2H3,(H,19,21)(H,20,22). The molecule has 2 rings (SSSR count). The molecule has 4 heteroatoms. The summed E-state index contributed by atoms with van der Waals surface area (Å²) in [5.41, 5.74) is 2.29. The minimum absolute atomic E-state index is 0.00281. The van der Waals surface area contributed by atoms with Crippen LogP contribution < -0.4 is 10.6 Å². The monoisotopic (exact) mass is 302 g/mol. The van der Waals surface area contributed by atoms with Crippen molar-refractivity contribution in [3.8, 4) is 0 Å². The maximum atomic E-state index is 12.1. The topological polar surface area (TPSA) is 58.2 Å². The summed E-state index contributed by atoms with van der Waals surface area (Å²) in [7, 11) is 0. The lowest BCUT2D eigenvalue weighted by Crippen LogP contribution is -2.30. The van der Waals surface area contributed by atoms with Gasteiger partial charge in [0.2, 0.25) is 11.8 Å². The summed E-state index contributed by atoms with van der Waals surface area (Å²) in [6, 6.07) is 8.00. The number of carbonyl (C=O) groups excluding carboxylic acids is 2. The molecule has 0 aromatic heterocycles. The Hall–Kier alpha value is -1.84. The minimum atomic E-state index is -0.143. The Labute approximate surface area is 132 Å². The van der Waals surface area contributed by atoms with Gasteiger partial charge in [0, 0.05) is 13.1 Å². The van der Waals surface area contributed by atoms with Crippen LogP contribution >= 0.6 is 0 Å². The van der Waals surface area contributed by atoms with Crippen LogP contribution in [-0.2, 0) is 16.1 Å². The van der Waals surface area contributed by atoms with E-state index in [2.05, 4.69) is 17.6 Å². The molecule has 2 amide bonds. The first-order valence-corrected chi connectivity index (χ1v) is 8.23. The second kappa shape index (κ2) is 7.97. The predicted molar refractivity (Wildman–Crippen MR) is 87.2 cm³/mol. The second-order valence-electron chi connectivity index (χ2n) is 6.09. The van der Waals surface area contributed by atoms with E-state index in [1.165, 1.54) is 5.56 Å². The third kappa shape index (κ3) is 4.58. The fourth-order valence-corrected chi connectivity index (χ4v) is 2.61. The van der Waals surface area contributed by atoms with E-state index in [4.69, 9.17) is 0 Å². The van der Waals surface area contributed by atoms with Crippen LogP contribution in [0.3, 0.4) is 0 Å². The van der Waals surface area contributed by atoms with E-state index >= 15 is 0 Å². The Morgan fingerprint density at radius 1 is 1.09 bits per heavy atom. The van der Waals surface area contributed by atoms with Crippen LogP contribution in [-0.4, -0.2) is 18.4 Å². The van der Waals surface area contributed by atoms with Crippen LogP contribution in [0, 0.1) is 18.8 Å². The van der Waals surface area contributed by atoms with Crippen LogP contribution in [0.1, 0.15) is 43.7 Å². The summed E-state index contributed by atoms with van der Waals surface area (Å²) in [5, 5.41) is 5.87. The zero-order valence-electron chi connectivity index (χ0n) is 13.5. The van der Waals surface area contributed by atoms with Crippen molar-refractivity contribution in [1.29, 1.82) is 0 Å². The number of unbranched alkanes of at least 4 members (excludes halogenated alkanes) is 2. The molecule has 0 bridgehead atoms. The van der Waals surface area contributed by atoms with Gasteiger partial charge in [-0.2, -0.15) is 0 Å². The number of benzene rings is 1. The molecule has 120 valence electrons. The van der Waals surface area contributed by atoms with E-state index in [1.54, 1.807) is 0 Å². The van der Waals surface area contributed by atoms with Crippen molar-refractivity contribution in [2.45, 2.75) is 46.1 Å². The molecule has 0 saturated heterocycles. The molecule has 2 unspecified atom stereocenters. The first-order chi connectivity index (χ1) is 10.6. The number of hydrogen-bond acceptors (Lipinski definition) is 2. The van der Waals surface area contributed by atoms with Crippen molar-refractivity contribution in [3.63, 3.8) is 0 Å². The van der Waals surface area contributed by atoms with E-state index in [0.717, 1.165) is 31.4 Å². The van der Waals surface area contributed by atoms with Crippen LogP contribution in [0.2, 0.25) is 0 Å². The van der Waals surface area contributed by atoms with Crippen molar-refractivity contribution in [3.05, 3.63) is 35.4 Å². The average molecular weight is 302 g/mol. The highest BCUT2D eigenvalue weighted by molar-refractivity contribution is 5.92. The molecule has 2 N–H and O–H groups in total. The van der Waals surface area contributed by atoms with Crippen molar-refractivity contribution >= 4 is 11.8 Å². The van der Waals surface area contributed by atoms with E-state index in [9.17, 15) is 9.59 Å². The van der Waals surface area contributed by atoms with Crippen molar-refractivity contribution < 1.29 is 9.59 Å². The number of carbonyl (C=O) groups is 2.